The van der Waals surface area contributed by atoms with E-state index in [1.165, 1.54) is 23.5 Å². The molecule has 0 radical (unpaired) electrons. The molecule has 4 rings (SSSR count). The van der Waals surface area contributed by atoms with Gasteiger partial charge in [0, 0.05) is 48.3 Å². The van der Waals surface area contributed by atoms with Gasteiger partial charge in [-0.15, -0.1) is 11.3 Å². The van der Waals surface area contributed by atoms with Gasteiger partial charge in [0.25, 0.3) is 0 Å². The third kappa shape index (κ3) is 4.30. The topological polar surface area (TPSA) is 66.3 Å². The molecule has 0 atom stereocenters. The average Bonchev–Trinajstić information content (AvgIpc) is 3.16. The summed E-state index contributed by atoms with van der Waals surface area (Å²) in [5.41, 5.74) is 1.71. The molecule has 1 aliphatic heterocycles. The molecule has 0 aliphatic carbocycles. The first-order chi connectivity index (χ1) is 13.8. The molecule has 1 N–H and O–H groups in total. The van der Waals surface area contributed by atoms with Gasteiger partial charge in [0.2, 0.25) is 0 Å². The van der Waals surface area contributed by atoms with E-state index in [1.54, 1.807) is 12.3 Å². The van der Waals surface area contributed by atoms with Gasteiger partial charge < -0.3 is 5.11 Å². The summed E-state index contributed by atoms with van der Waals surface area (Å²) < 4.78 is 38.1. The van der Waals surface area contributed by atoms with Crippen molar-refractivity contribution in [2.24, 2.45) is 0 Å². The number of benzene rings is 1. The summed E-state index contributed by atoms with van der Waals surface area (Å²) in [4.78, 5) is 23.4. The van der Waals surface area contributed by atoms with E-state index in [4.69, 9.17) is 5.11 Å². The van der Waals surface area contributed by atoms with Crippen molar-refractivity contribution in [2.75, 3.05) is 6.54 Å². The van der Waals surface area contributed by atoms with Gasteiger partial charge in [0.15, 0.2) is 5.82 Å². The van der Waals surface area contributed by atoms with Crippen LogP contribution >= 0.6 is 11.3 Å². The van der Waals surface area contributed by atoms with Crippen LogP contribution in [0.2, 0.25) is 0 Å². The predicted octanol–water partition coefficient (Wildman–Crippen LogP) is 4.48. The Morgan fingerprint density at radius 2 is 1.93 bits per heavy atom. The number of carboxylic acids is 1. The van der Waals surface area contributed by atoms with E-state index in [9.17, 15) is 18.0 Å². The van der Waals surface area contributed by atoms with Crippen molar-refractivity contribution < 1.29 is 23.1 Å². The molecule has 3 aromatic rings. The number of hydrogen-bond donors (Lipinski definition) is 1. The van der Waals surface area contributed by atoms with Crippen molar-refractivity contribution >= 4 is 17.3 Å². The first kappa shape index (κ1) is 19.5. The molecule has 9 heteroatoms. The fourth-order valence-electron chi connectivity index (χ4n) is 3.26. The lowest BCUT2D eigenvalue weighted by Crippen LogP contribution is -2.30. The van der Waals surface area contributed by atoms with Crippen LogP contribution in [0, 0.1) is 0 Å². The Hall–Kier alpha value is -2.78. The minimum atomic E-state index is -4.37. The Kier molecular flexibility index (Phi) is 5.10. The lowest BCUT2D eigenvalue weighted by molar-refractivity contribution is -0.137. The number of nitrogens with zero attached hydrogens (tertiary/aromatic N) is 3. The van der Waals surface area contributed by atoms with Crippen molar-refractivity contribution in [3.8, 4) is 11.4 Å². The quantitative estimate of drug-likeness (QED) is 0.676. The fraction of sp³-hybridized carbons (Fsp3) is 0.250. The monoisotopic (exact) mass is 419 g/mol. The molecule has 1 aromatic carbocycles. The van der Waals surface area contributed by atoms with Gasteiger partial charge in [0.05, 0.1) is 11.3 Å². The summed E-state index contributed by atoms with van der Waals surface area (Å²) in [6, 6.07) is 8.28. The van der Waals surface area contributed by atoms with Gasteiger partial charge >= 0.3 is 12.1 Å². The van der Waals surface area contributed by atoms with Crippen molar-refractivity contribution in [1.29, 1.82) is 0 Å². The van der Waals surface area contributed by atoms with Crippen LogP contribution in [0.15, 0.2) is 42.6 Å². The van der Waals surface area contributed by atoms with E-state index in [0.29, 0.717) is 35.8 Å². The zero-order valence-electron chi connectivity index (χ0n) is 15.1. The summed E-state index contributed by atoms with van der Waals surface area (Å²) in [5, 5.41) is 9.03. The summed E-state index contributed by atoms with van der Waals surface area (Å²) in [7, 11) is 0. The maximum atomic E-state index is 12.7. The second-order valence-corrected chi connectivity index (χ2v) is 7.94. The van der Waals surface area contributed by atoms with E-state index >= 15 is 0 Å². The SMILES string of the molecule is O=C(O)c1ccc(CN2CCc3nc(-c4ccc(C(F)(F)F)cc4)ncc3C2)s1. The normalized spacial score (nSPS) is 14.6. The van der Waals surface area contributed by atoms with Crippen LogP contribution in [-0.4, -0.2) is 32.5 Å². The molecule has 0 saturated carbocycles. The molecular formula is C20H16F3N3O2S. The van der Waals surface area contributed by atoms with Gasteiger partial charge in [-0.1, -0.05) is 12.1 Å². The molecule has 29 heavy (non-hydrogen) atoms. The average molecular weight is 419 g/mol. The lowest BCUT2D eigenvalue weighted by atomic mass is 10.1. The highest BCUT2D eigenvalue weighted by Crippen LogP contribution is 2.31. The van der Waals surface area contributed by atoms with E-state index in [1.807, 2.05) is 6.07 Å². The lowest BCUT2D eigenvalue weighted by Gasteiger charge is -2.27. The molecular weight excluding hydrogens is 403 g/mol. The molecule has 0 amide bonds. The zero-order chi connectivity index (χ0) is 20.6. The number of alkyl halides is 3. The number of carboxylic acid groups (broad SMARTS) is 1. The van der Waals surface area contributed by atoms with E-state index in [0.717, 1.165) is 34.8 Å². The largest absolute Gasteiger partial charge is 0.477 e. The minimum Gasteiger partial charge on any atom is -0.477 e. The zero-order valence-corrected chi connectivity index (χ0v) is 15.9. The third-order valence-electron chi connectivity index (χ3n) is 4.74. The van der Waals surface area contributed by atoms with E-state index < -0.39 is 17.7 Å². The Morgan fingerprint density at radius 1 is 1.17 bits per heavy atom. The van der Waals surface area contributed by atoms with Gasteiger partial charge in [-0.25, -0.2) is 14.8 Å². The highest BCUT2D eigenvalue weighted by Gasteiger charge is 2.30. The summed E-state index contributed by atoms with van der Waals surface area (Å²) in [6.45, 7) is 2.05. The van der Waals surface area contributed by atoms with Crippen molar-refractivity contribution in [3.63, 3.8) is 0 Å². The van der Waals surface area contributed by atoms with Crippen LogP contribution in [0.25, 0.3) is 11.4 Å². The summed E-state index contributed by atoms with van der Waals surface area (Å²) in [5.74, 6) is -0.510. The molecule has 0 unspecified atom stereocenters. The Morgan fingerprint density at radius 3 is 2.59 bits per heavy atom. The molecule has 5 nitrogen and oxygen atoms in total. The van der Waals surface area contributed by atoms with Crippen molar-refractivity contribution in [1.82, 2.24) is 14.9 Å². The summed E-state index contributed by atoms with van der Waals surface area (Å²) in [6.07, 6.45) is -1.95. The minimum absolute atomic E-state index is 0.321. The fourth-order valence-corrected chi connectivity index (χ4v) is 4.14. The number of thiophene rings is 1. The van der Waals surface area contributed by atoms with Gasteiger partial charge in [-0.05, 0) is 24.3 Å². The standard InChI is InChI=1S/C20H16F3N3O2S/c21-20(22,23)14-3-1-12(2-4-14)18-24-9-13-10-26(8-7-16(13)25-18)11-15-5-6-17(29-15)19(27)28/h1-6,9H,7-8,10-11H2,(H,27,28). The van der Waals surface area contributed by atoms with E-state index in [-0.39, 0.29) is 0 Å². The number of halogens is 3. The predicted molar refractivity (Wildman–Crippen MR) is 102 cm³/mol. The first-order valence-electron chi connectivity index (χ1n) is 8.86. The van der Waals surface area contributed by atoms with Gasteiger partial charge in [-0.2, -0.15) is 13.2 Å². The molecule has 0 spiro atoms. The van der Waals surface area contributed by atoms with E-state index in [2.05, 4.69) is 14.9 Å². The van der Waals surface area contributed by atoms with Crippen molar-refractivity contribution in [3.05, 3.63) is 69.2 Å². The highest BCUT2D eigenvalue weighted by molar-refractivity contribution is 7.13. The van der Waals surface area contributed by atoms with Crippen molar-refractivity contribution in [2.45, 2.75) is 25.7 Å². The highest BCUT2D eigenvalue weighted by atomic mass is 32.1. The molecule has 0 saturated heterocycles. The molecule has 3 heterocycles. The smallest absolute Gasteiger partial charge is 0.416 e. The Labute approximate surface area is 168 Å². The molecule has 0 bridgehead atoms. The number of rotatable bonds is 4. The number of carbonyl (C=O) groups is 1. The molecule has 0 fully saturated rings. The van der Waals surface area contributed by atoms with Gasteiger partial charge in [0.1, 0.15) is 4.88 Å². The number of hydrogen-bond acceptors (Lipinski definition) is 5. The maximum absolute atomic E-state index is 12.7. The van der Waals surface area contributed by atoms with Crippen LogP contribution in [0.1, 0.15) is 31.4 Å². The third-order valence-corrected chi connectivity index (χ3v) is 5.79. The second-order valence-electron chi connectivity index (χ2n) is 6.77. The van der Waals surface area contributed by atoms with Gasteiger partial charge in [-0.3, -0.25) is 4.90 Å². The molecule has 1 aliphatic rings. The number of aromatic carboxylic acids is 1. The van der Waals surface area contributed by atoms with Crippen LogP contribution < -0.4 is 0 Å². The second kappa shape index (κ2) is 7.57. The van der Waals surface area contributed by atoms with Crippen LogP contribution in [0.4, 0.5) is 13.2 Å². The van der Waals surface area contributed by atoms with Crippen LogP contribution in [0.3, 0.4) is 0 Å². The Balaban J connectivity index is 1.47. The maximum Gasteiger partial charge on any atom is 0.416 e. The van der Waals surface area contributed by atoms with Crippen LogP contribution in [0.5, 0.6) is 0 Å². The Bertz CT molecular complexity index is 1050. The molecule has 2 aromatic heterocycles. The number of aromatic nitrogens is 2. The van der Waals surface area contributed by atoms with Crippen LogP contribution in [-0.2, 0) is 25.7 Å². The molecule has 150 valence electrons. The summed E-state index contributed by atoms with van der Waals surface area (Å²) >= 11 is 1.27. The first-order valence-corrected chi connectivity index (χ1v) is 9.68. The number of fused-ring (bicyclic) bond motifs is 1.